The molecule has 0 fully saturated rings. The lowest BCUT2D eigenvalue weighted by molar-refractivity contribution is 0.372. The largest absolute Gasteiger partial charge is 0.504 e. The smallest absolute Gasteiger partial charge is 0.160 e. The van der Waals surface area contributed by atoms with Crippen LogP contribution in [0.15, 0.2) is 12.1 Å². The average Bonchev–Trinajstić information content (AvgIpc) is 2.21. The van der Waals surface area contributed by atoms with E-state index in [0.29, 0.717) is 5.75 Å². The maximum Gasteiger partial charge on any atom is 0.160 e. The van der Waals surface area contributed by atoms with Gasteiger partial charge in [-0.25, -0.2) is 0 Å². The number of hydrogen-bond donors (Lipinski definition) is 1. The van der Waals surface area contributed by atoms with Crippen molar-refractivity contribution in [2.75, 3.05) is 7.11 Å². The highest BCUT2D eigenvalue weighted by molar-refractivity contribution is 5.46. The normalized spacial score (nSPS) is 10.3. The molecule has 2 nitrogen and oxygen atoms in total. The SMILES string of the molecule is CCCCCc1cc(OC)c(O)cc1C. The lowest BCUT2D eigenvalue weighted by atomic mass is 10.0. The molecule has 1 aromatic carbocycles. The van der Waals surface area contributed by atoms with Gasteiger partial charge >= 0.3 is 0 Å². The number of phenols is 1. The lowest BCUT2D eigenvalue weighted by Crippen LogP contribution is -1.93. The predicted molar refractivity (Wildman–Crippen MR) is 62.6 cm³/mol. The maximum atomic E-state index is 9.56. The highest BCUT2D eigenvalue weighted by Gasteiger charge is 2.06. The van der Waals surface area contributed by atoms with Gasteiger partial charge in [0.25, 0.3) is 0 Å². The van der Waals surface area contributed by atoms with E-state index in [0.717, 1.165) is 12.0 Å². The highest BCUT2D eigenvalue weighted by atomic mass is 16.5. The van der Waals surface area contributed by atoms with Crippen molar-refractivity contribution in [3.05, 3.63) is 23.3 Å². The van der Waals surface area contributed by atoms with Crippen molar-refractivity contribution in [2.45, 2.75) is 39.5 Å². The average molecular weight is 208 g/mol. The van der Waals surface area contributed by atoms with Crippen LogP contribution in [0.3, 0.4) is 0 Å². The third kappa shape index (κ3) is 3.15. The van der Waals surface area contributed by atoms with E-state index in [2.05, 4.69) is 6.92 Å². The fraction of sp³-hybridized carbons (Fsp3) is 0.538. The number of phenolic OH excluding ortho intramolecular Hbond substituents is 1. The summed E-state index contributed by atoms with van der Waals surface area (Å²) in [6.45, 7) is 4.23. The molecule has 84 valence electrons. The molecule has 1 rings (SSSR count). The number of aromatic hydroxyl groups is 1. The van der Waals surface area contributed by atoms with E-state index in [1.54, 1.807) is 13.2 Å². The summed E-state index contributed by atoms with van der Waals surface area (Å²) in [5, 5.41) is 9.56. The Morgan fingerprint density at radius 1 is 1.27 bits per heavy atom. The molecule has 15 heavy (non-hydrogen) atoms. The Kier molecular flexibility index (Phi) is 4.47. The summed E-state index contributed by atoms with van der Waals surface area (Å²) in [5.74, 6) is 0.807. The van der Waals surface area contributed by atoms with E-state index in [1.165, 1.54) is 24.8 Å². The second-order valence-electron chi connectivity index (χ2n) is 3.91. The number of ether oxygens (including phenoxy) is 1. The van der Waals surface area contributed by atoms with Gasteiger partial charge in [0.1, 0.15) is 0 Å². The molecule has 0 unspecified atom stereocenters. The number of methoxy groups -OCH3 is 1. The van der Waals surface area contributed by atoms with Crippen LogP contribution in [0.4, 0.5) is 0 Å². The Morgan fingerprint density at radius 2 is 2.00 bits per heavy atom. The zero-order valence-corrected chi connectivity index (χ0v) is 9.84. The minimum absolute atomic E-state index is 0.231. The standard InChI is InChI=1S/C13H20O2/c1-4-5-6-7-11-9-13(15-3)12(14)8-10(11)2/h8-9,14H,4-7H2,1-3H3. The van der Waals surface area contributed by atoms with E-state index in [1.807, 2.05) is 13.0 Å². The Bertz CT molecular complexity index is 319. The molecule has 0 aliphatic rings. The Morgan fingerprint density at radius 3 is 2.60 bits per heavy atom. The number of unbranched alkanes of at least 4 members (excludes halogenated alkanes) is 2. The first kappa shape index (κ1) is 11.9. The zero-order valence-electron chi connectivity index (χ0n) is 9.84. The molecule has 0 bridgehead atoms. The minimum Gasteiger partial charge on any atom is -0.504 e. The third-order valence-corrected chi connectivity index (χ3v) is 2.69. The molecule has 0 radical (unpaired) electrons. The van der Waals surface area contributed by atoms with Crippen molar-refractivity contribution >= 4 is 0 Å². The molecule has 0 aliphatic heterocycles. The Labute approximate surface area is 91.9 Å². The fourth-order valence-corrected chi connectivity index (χ4v) is 1.71. The van der Waals surface area contributed by atoms with Gasteiger partial charge in [0.2, 0.25) is 0 Å². The second kappa shape index (κ2) is 5.64. The van der Waals surface area contributed by atoms with E-state index < -0.39 is 0 Å². The summed E-state index contributed by atoms with van der Waals surface area (Å²) in [6, 6.07) is 3.72. The van der Waals surface area contributed by atoms with Crippen molar-refractivity contribution in [3.63, 3.8) is 0 Å². The van der Waals surface area contributed by atoms with Crippen LogP contribution in [-0.4, -0.2) is 12.2 Å². The summed E-state index contributed by atoms with van der Waals surface area (Å²) in [4.78, 5) is 0. The molecule has 1 N–H and O–H groups in total. The molecular formula is C13H20O2. The van der Waals surface area contributed by atoms with Crippen LogP contribution in [0.1, 0.15) is 37.3 Å². The third-order valence-electron chi connectivity index (χ3n) is 2.69. The summed E-state index contributed by atoms with van der Waals surface area (Å²) in [7, 11) is 1.58. The Hall–Kier alpha value is -1.18. The van der Waals surface area contributed by atoms with Crippen LogP contribution in [0, 0.1) is 6.92 Å². The summed E-state index contributed by atoms with van der Waals surface area (Å²) < 4.78 is 5.10. The molecule has 1 aromatic rings. The first-order valence-electron chi connectivity index (χ1n) is 5.55. The second-order valence-corrected chi connectivity index (χ2v) is 3.91. The molecule has 0 atom stereocenters. The fourth-order valence-electron chi connectivity index (χ4n) is 1.71. The van der Waals surface area contributed by atoms with Crippen molar-refractivity contribution in [3.8, 4) is 11.5 Å². The van der Waals surface area contributed by atoms with Crippen LogP contribution < -0.4 is 4.74 Å². The predicted octanol–water partition coefficient (Wildman–Crippen LogP) is 3.44. The van der Waals surface area contributed by atoms with Gasteiger partial charge in [-0.3, -0.25) is 0 Å². The quantitative estimate of drug-likeness (QED) is 0.751. The van der Waals surface area contributed by atoms with Gasteiger partial charge in [-0.05, 0) is 43.0 Å². The van der Waals surface area contributed by atoms with Crippen LogP contribution >= 0.6 is 0 Å². The molecule has 2 heteroatoms. The van der Waals surface area contributed by atoms with Crippen LogP contribution in [0.25, 0.3) is 0 Å². The summed E-state index contributed by atoms with van der Waals surface area (Å²) >= 11 is 0. The van der Waals surface area contributed by atoms with Crippen LogP contribution in [0.2, 0.25) is 0 Å². The molecule has 0 saturated heterocycles. The van der Waals surface area contributed by atoms with Crippen LogP contribution in [0.5, 0.6) is 11.5 Å². The molecule has 0 aliphatic carbocycles. The number of rotatable bonds is 5. The molecule has 0 amide bonds. The van der Waals surface area contributed by atoms with E-state index in [-0.39, 0.29) is 5.75 Å². The van der Waals surface area contributed by atoms with Gasteiger partial charge in [0, 0.05) is 0 Å². The molecule has 0 saturated carbocycles. The summed E-state index contributed by atoms with van der Waals surface area (Å²) in [5.41, 5.74) is 2.42. The molecule has 0 spiro atoms. The molecule has 0 heterocycles. The first-order chi connectivity index (χ1) is 7.19. The van der Waals surface area contributed by atoms with E-state index in [9.17, 15) is 5.11 Å². The maximum absolute atomic E-state index is 9.56. The van der Waals surface area contributed by atoms with Crippen LogP contribution in [-0.2, 0) is 6.42 Å². The number of benzene rings is 1. The van der Waals surface area contributed by atoms with Crippen molar-refractivity contribution in [1.82, 2.24) is 0 Å². The van der Waals surface area contributed by atoms with Gasteiger partial charge in [0.05, 0.1) is 7.11 Å². The monoisotopic (exact) mass is 208 g/mol. The highest BCUT2D eigenvalue weighted by Crippen LogP contribution is 2.29. The van der Waals surface area contributed by atoms with Gasteiger partial charge in [0.15, 0.2) is 11.5 Å². The van der Waals surface area contributed by atoms with Crippen molar-refractivity contribution < 1.29 is 9.84 Å². The molecular weight excluding hydrogens is 188 g/mol. The van der Waals surface area contributed by atoms with E-state index in [4.69, 9.17) is 4.74 Å². The topological polar surface area (TPSA) is 29.5 Å². The number of aryl methyl sites for hydroxylation is 2. The first-order valence-corrected chi connectivity index (χ1v) is 5.55. The zero-order chi connectivity index (χ0) is 11.3. The van der Waals surface area contributed by atoms with Gasteiger partial charge in [-0.1, -0.05) is 19.8 Å². The van der Waals surface area contributed by atoms with Crippen molar-refractivity contribution in [2.24, 2.45) is 0 Å². The minimum atomic E-state index is 0.231. The lowest BCUT2D eigenvalue weighted by Gasteiger charge is -2.10. The van der Waals surface area contributed by atoms with E-state index >= 15 is 0 Å². The van der Waals surface area contributed by atoms with Crippen molar-refractivity contribution in [1.29, 1.82) is 0 Å². The van der Waals surface area contributed by atoms with Gasteiger partial charge < -0.3 is 9.84 Å². The Balaban J connectivity index is 2.78. The molecule has 0 aromatic heterocycles. The van der Waals surface area contributed by atoms with Gasteiger partial charge in [-0.15, -0.1) is 0 Å². The summed E-state index contributed by atoms with van der Waals surface area (Å²) in [6.07, 6.45) is 4.75. The van der Waals surface area contributed by atoms with Gasteiger partial charge in [-0.2, -0.15) is 0 Å². The number of hydrogen-bond acceptors (Lipinski definition) is 2.